The Bertz CT molecular complexity index is 599. The van der Waals surface area contributed by atoms with Crippen LogP contribution in [0.4, 0.5) is 0 Å². The first kappa shape index (κ1) is 17.0. The molecule has 2 fully saturated rings. The van der Waals surface area contributed by atoms with E-state index in [1.165, 1.54) is 31.2 Å². The molecule has 2 saturated heterocycles. The van der Waals surface area contributed by atoms with Gasteiger partial charge in [0.2, 0.25) is 0 Å². The van der Waals surface area contributed by atoms with E-state index in [4.69, 9.17) is 5.26 Å². The van der Waals surface area contributed by atoms with E-state index in [0.29, 0.717) is 6.54 Å². The smallest absolute Gasteiger partial charge is 0.253 e. The number of nitriles is 1. The number of hydrogen-bond acceptors (Lipinski definition) is 3. The Balaban J connectivity index is 1.65. The van der Waals surface area contributed by atoms with Crippen molar-refractivity contribution < 1.29 is 4.79 Å². The maximum Gasteiger partial charge on any atom is 0.253 e. The molecule has 3 rings (SSSR count). The molecule has 2 aliphatic rings. The van der Waals surface area contributed by atoms with Crippen LogP contribution < -0.4 is 0 Å². The molecule has 128 valence electrons. The Morgan fingerprint density at radius 3 is 2.67 bits per heavy atom. The number of amides is 1. The standard InChI is InChI=1S/C20H27N3O/c21-14-18-8-6-12-23(16-18)20(24)19-9-5-7-17(13-19)15-22-10-3-1-2-4-11-22/h5,7,9,13,18H,1-4,6,8,10-12,15-16H2/t18-/m1/s1. The van der Waals surface area contributed by atoms with Crippen molar-refractivity contribution >= 4 is 5.91 Å². The molecule has 1 aromatic carbocycles. The highest BCUT2D eigenvalue weighted by atomic mass is 16.2. The average molecular weight is 325 g/mol. The molecule has 0 spiro atoms. The van der Waals surface area contributed by atoms with E-state index >= 15 is 0 Å². The van der Waals surface area contributed by atoms with Gasteiger partial charge in [-0.1, -0.05) is 25.0 Å². The molecule has 0 N–H and O–H groups in total. The minimum atomic E-state index is -0.0111. The van der Waals surface area contributed by atoms with Gasteiger partial charge in [-0.3, -0.25) is 9.69 Å². The lowest BCUT2D eigenvalue weighted by atomic mass is 9.98. The van der Waals surface area contributed by atoms with Gasteiger partial charge in [0.1, 0.15) is 0 Å². The van der Waals surface area contributed by atoms with Crippen molar-refractivity contribution in [1.82, 2.24) is 9.80 Å². The van der Waals surface area contributed by atoms with Crippen molar-refractivity contribution in [2.45, 2.75) is 45.1 Å². The van der Waals surface area contributed by atoms with Gasteiger partial charge in [0.15, 0.2) is 0 Å². The van der Waals surface area contributed by atoms with Crippen LogP contribution >= 0.6 is 0 Å². The summed E-state index contributed by atoms with van der Waals surface area (Å²) < 4.78 is 0. The van der Waals surface area contributed by atoms with E-state index in [9.17, 15) is 4.79 Å². The molecule has 1 amide bonds. The molecule has 1 aromatic rings. The van der Waals surface area contributed by atoms with Crippen LogP contribution in [-0.4, -0.2) is 41.9 Å². The van der Waals surface area contributed by atoms with Crippen molar-refractivity contribution in [3.05, 3.63) is 35.4 Å². The van der Waals surface area contributed by atoms with Gasteiger partial charge in [-0.25, -0.2) is 0 Å². The topological polar surface area (TPSA) is 47.3 Å². The summed E-state index contributed by atoms with van der Waals surface area (Å²) in [6, 6.07) is 10.4. The summed E-state index contributed by atoms with van der Waals surface area (Å²) >= 11 is 0. The molecule has 4 nitrogen and oxygen atoms in total. The minimum absolute atomic E-state index is 0.0111. The van der Waals surface area contributed by atoms with Gasteiger partial charge in [-0.15, -0.1) is 0 Å². The molecule has 0 aromatic heterocycles. The number of benzene rings is 1. The van der Waals surface area contributed by atoms with Crippen LogP contribution in [0.3, 0.4) is 0 Å². The predicted octanol–water partition coefficient (Wildman–Crippen LogP) is 3.44. The van der Waals surface area contributed by atoms with E-state index in [2.05, 4.69) is 17.0 Å². The molecule has 0 radical (unpaired) electrons. The lowest BCUT2D eigenvalue weighted by Crippen LogP contribution is -2.39. The Labute approximate surface area is 145 Å². The van der Waals surface area contributed by atoms with Gasteiger partial charge in [-0.05, 0) is 56.5 Å². The summed E-state index contributed by atoms with van der Waals surface area (Å²) in [6.45, 7) is 4.60. The third-order valence-electron chi connectivity index (χ3n) is 5.17. The first-order chi connectivity index (χ1) is 11.8. The lowest BCUT2D eigenvalue weighted by Gasteiger charge is -2.29. The highest BCUT2D eigenvalue weighted by molar-refractivity contribution is 5.94. The first-order valence-electron chi connectivity index (χ1n) is 9.26. The highest BCUT2D eigenvalue weighted by Crippen LogP contribution is 2.19. The molecule has 2 aliphatic heterocycles. The quantitative estimate of drug-likeness (QED) is 0.855. The molecule has 24 heavy (non-hydrogen) atoms. The van der Waals surface area contributed by atoms with Crippen molar-refractivity contribution in [1.29, 1.82) is 5.26 Å². The maximum absolute atomic E-state index is 12.8. The fourth-order valence-corrected chi connectivity index (χ4v) is 3.80. The minimum Gasteiger partial charge on any atom is -0.337 e. The molecule has 4 heteroatoms. The summed E-state index contributed by atoms with van der Waals surface area (Å²) in [4.78, 5) is 17.1. The van der Waals surface area contributed by atoms with Crippen LogP contribution in [0.1, 0.15) is 54.4 Å². The zero-order valence-corrected chi connectivity index (χ0v) is 14.4. The van der Waals surface area contributed by atoms with E-state index in [-0.39, 0.29) is 11.8 Å². The number of rotatable bonds is 3. The average Bonchev–Trinajstić information content (AvgIpc) is 2.90. The fourth-order valence-electron chi connectivity index (χ4n) is 3.80. The second-order valence-corrected chi connectivity index (χ2v) is 7.11. The maximum atomic E-state index is 12.8. The summed E-state index contributed by atoms with van der Waals surface area (Å²) in [5.41, 5.74) is 1.98. The molecular formula is C20H27N3O. The largest absolute Gasteiger partial charge is 0.337 e. The monoisotopic (exact) mass is 325 g/mol. The van der Waals surface area contributed by atoms with Crippen LogP contribution in [0, 0.1) is 17.2 Å². The van der Waals surface area contributed by atoms with Crippen LogP contribution in [0.25, 0.3) is 0 Å². The first-order valence-corrected chi connectivity index (χ1v) is 9.26. The molecule has 0 aliphatic carbocycles. The zero-order valence-electron chi connectivity index (χ0n) is 14.4. The van der Waals surface area contributed by atoms with E-state index in [1.54, 1.807) is 0 Å². The third-order valence-corrected chi connectivity index (χ3v) is 5.17. The number of piperidine rings is 1. The second kappa shape index (κ2) is 8.30. The summed E-state index contributed by atoms with van der Waals surface area (Å²) in [5, 5.41) is 9.12. The van der Waals surface area contributed by atoms with Crippen LogP contribution in [0.15, 0.2) is 24.3 Å². The zero-order chi connectivity index (χ0) is 16.8. The van der Waals surface area contributed by atoms with Gasteiger partial charge in [0.05, 0.1) is 12.0 Å². The molecular weight excluding hydrogens is 298 g/mol. The van der Waals surface area contributed by atoms with Gasteiger partial charge < -0.3 is 4.90 Å². The summed E-state index contributed by atoms with van der Waals surface area (Å²) in [6.07, 6.45) is 7.07. The van der Waals surface area contributed by atoms with E-state index in [1.807, 2.05) is 23.1 Å². The van der Waals surface area contributed by atoms with Crippen LogP contribution in [0.5, 0.6) is 0 Å². The van der Waals surface area contributed by atoms with Crippen molar-refractivity contribution in [2.24, 2.45) is 5.92 Å². The van der Waals surface area contributed by atoms with Gasteiger partial charge in [0, 0.05) is 25.2 Å². The van der Waals surface area contributed by atoms with Crippen molar-refractivity contribution in [2.75, 3.05) is 26.2 Å². The molecule has 0 unspecified atom stereocenters. The van der Waals surface area contributed by atoms with Gasteiger partial charge in [-0.2, -0.15) is 5.26 Å². The van der Waals surface area contributed by atoms with E-state index < -0.39 is 0 Å². The molecule has 0 bridgehead atoms. The number of likely N-dealkylation sites (tertiary alicyclic amines) is 2. The summed E-state index contributed by atoms with van der Waals surface area (Å²) in [7, 11) is 0. The number of carbonyl (C=O) groups excluding carboxylic acids is 1. The van der Waals surface area contributed by atoms with E-state index in [0.717, 1.165) is 44.6 Å². The second-order valence-electron chi connectivity index (χ2n) is 7.11. The molecule has 0 saturated carbocycles. The number of nitrogens with zero attached hydrogens (tertiary/aromatic N) is 3. The lowest BCUT2D eigenvalue weighted by molar-refractivity contribution is 0.0698. The molecule has 1 atom stereocenters. The normalized spacial score (nSPS) is 22.6. The van der Waals surface area contributed by atoms with Gasteiger partial charge in [0.25, 0.3) is 5.91 Å². The SMILES string of the molecule is N#C[C@H]1CCCN(C(=O)c2cccc(CN3CCCCCC3)c2)C1. The number of carbonyl (C=O) groups is 1. The fraction of sp³-hybridized carbons (Fsp3) is 0.600. The Kier molecular flexibility index (Phi) is 5.87. The van der Waals surface area contributed by atoms with Crippen LogP contribution in [-0.2, 0) is 6.54 Å². The Hall–Kier alpha value is -1.86. The Morgan fingerprint density at radius 2 is 1.92 bits per heavy atom. The van der Waals surface area contributed by atoms with Crippen molar-refractivity contribution in [3.63, 3.8) is 0 Å². The van der Waals surface area contributed by atoms with Crippen LogP contribution in [0.2, 0.25) is 0 Å². The molecule has 2 heterocycles. The Morgan fingerprint density at radius 1 is 1.12 bits per heavy atom. The third kappa shape index (κ3) is 4.36. The van der Waals surface area contributed by atoms with Gasteiger partial charge >= 0.3 is 0 Å². The number of hydrogen-bond donors (Lipinski definition) is 0. The predicted molar refractivity (Wildman–Crippen MR) is 94.4 cm³/mol. The highest BCUT2D eigenvalue weighted by Gasteiger charge is 2.24. The summed E-state index contributed by atoms with van der Waals surface area (Å²) in [5.74, 6) is 0.0654. The van der Waals surface area contributed by atoms with Crippen molar-refractivity contribution in [3.8, 4) is 6.07 Å².